The monoisotopic (exact) mass is 468 g/mol. The van der Waals surface area contributed by atoms with Gasteiger partial charge in [-0.25, -0.2) is 4.98 Å². The van der Waals surface area contributed by atoms with Crippen LogP contribution in [0.2, 0.25) is 0 Å². The smallest absolute Gasteiger partial charge is 0.393 e. The number of carbonyl (C=O) groups excluding carboxylic acids is 1. The van der Waals surface area contributed by atoms with Gasteiger partial charge in [0, 0.05) is 37.4 Å². The third-order valence-corrected chi connectivity index (χ3v) is 7.61. The molecular formula is C22H27F3N4O2S. The van der Waals surface area contributed by atoms with Crippen LogP contribution in [0.5, 0.6) is 0 Å². The maximum absolute atomic E-state index is 13.7. The zero-order valence-corrected chi connectivity index (χ0v) is 18.5. The molecular weight excluding hydrogens is 441 g/mol. The van der Waals surface area contributed by atoms with Gasteiger partial charge in [0.1, 0.15) is 4.88 Å². The molecule has 6 nitrogen and oxygen atoms in total. The van der Waals surface area contributed by atoms with Crippen molar-refractivity contribution in [3.63, 3.8) is 0 Å². The molecule has 0 atom stereocenters. The Morgan fingerprint density at radius 3 is 2.59 bits per heavy atom. The number of anilines is 1. The van der Waals surface area contributed by atoms with Gasteiger partial charge in [-0.3, -0.25) is 9.78 Å². The molecule has 0 bridgehead atoms. The summed E-state index contributed by atoms with van der Waals surface area (Å²) in [5.41, 5.74) is -0.454. The maximum Gasteiger partial charge on any atom is 0.435 e. The lowest BCUT2D eigenvalue weighted by atomic mass is 9.70. The molecule has 1 aliphatic heterocycles. The number of aliphatic hydroxyl groups excluding tert-OH is 1. The van der Waals surface area contributed by atoms with Crippen molar-refractivity contribution in [2.45, 2.75) is 62.6 Å². The fourth-order valence-electron chi connectivity index (χ4n) is 4.65. The van der Waals surface area contributed by atoms with Gasteiger partial charge < -0.3 is 15.3 Å². The number of pyridine rings is 1. The first-order chi connectivity index (χ1) is 15.3. The molecule has 0 aromatic carbocycles. The van der Waals surface area contributed by atoms with E-state index in [1.807, 2.05) is 12.1 Å². The summed E-state index contributed by atoms with van der Waals surface area (Å²) in [4.78, 5) is 22.3. The Morgan fingerprint density at radius 2 is 1.97 bits per heavy atom. The summed E-state index contributed by atoms with van der Waals surface area (Å²) in [6, 6.07) is 3.82. The fourth-order valence-corrected chi connectivity index (χ4v) is 5.70. The van der Waals surface area contributed by atoms with Crippen molar-refractivity contribution in [1.82, 2.24) is 15.3 Å². The molecule has 1 aliphatic carbocycles. The Morgan fingerprint density at radius 1 is 1.25 bits per heavy atom. The molecule has 4 rings (SSSR count). The van der Waals surface area contributed by atoms with Crippen LogP contribution in [-0.2, 0) is 11.6 Å². The summed E-state index contributed by atoms with van der Waals surface area (Å²) in [6.45, 7) is 1.09. The average molecular weight is 469 g/mol. The minimum Gasteiger partial charge on any atom is -0.393 e. The van der Waals surface area contributed by atoms with E-state index in [2.05, 4.69) is 15.3 Å². The molecule has 2 aliphatic rings. The van der Waals surface area contributed by atoms with Crippen LogP contribution >= 0.6 is 11.3 Å². The lowest BCUT2D eigenvalue weighted by Gasteiger charge is -2.37. The second-order valence-corrected chi connectivity index (χ2v) is 9.63. The van der Waals surface area contributed by atoms with Crippen LogP contribution in [0.3, 0.4) is 0 Å². The van der Waals surface area contributed by atoms with Gasteiger partial charge in [-0.05, 0) is 37.3 Å². The number of carbonyl (C=O) groups is 1. The highest BCUT2D eigenvalue weighted by Gasteiger charge is 2.41. The second-order valence-electron chi connectivity index (χ2n) is 8.66. The van der Waals surface area contributed by atoms with Crippen LogP contribution in [0, 0.1) is 0 Å². The molecule has 0 unspecified atom stereocenters. The zero-order valence-electron chi connectivity index (χ0n) is 17.7. The van der Waals surface area contributed by atoms with Gasteiger partial charge in [0.15, 0.2) is 10.8 Å². The van der Waals surface area contributed by atoms with Crippen LogP contribution in [0.15, 0.2) is 24.5 Å². The minimum atomic E-state index is -4.72. The summed E-state index contributed by atoms with van der Waals surface area (Å²) >= 11 is 0.772. The minimum absolute atomic E-state index is 0.175. The van der Waals surface area contributed by atoms with E-state index in [-0.39, 0.29) is 17.1 Å². The van der Waals surface area contributed by atoms with Crippen molar-refractivity contribution in [2.24, 2.45) is 0 Å². The Kier molecular flexibility index (Phi) is 6.71. The number of halogens is 3. The van der Waals surface area contributed by atoms with Gasteiger partial charge in [0.2, 0.25) is 0 Å². The standard InChI is InChI=1S/C22H27F3N4O2S/c23-22(24,25)18-17(32-20(28-18)29-11-6-16(30)7-12-29)19(31)27-14-21(8-2-1-3-9-21)15-5-4-10-26-13-15/h4-5,10,13,16,30H,1-3,6-9,11-12,14H2,(H,27,31). The summed E-state index contributed by atoms with van der Waals surface area (Å²) in [5, 5.41) is 12.6. The van der Waals surface area contributed by atoms with Crippen molar-refractivity contribution >= 4 is 22.4 Å². The number of nitrogens with one attached hydrogen (secondary N) is 1. The number of piperidine rings is 1. The Labute approximate surface area is 188 Å². The molecule has 2 aromatic rings. The highest BCUT2D eigenvalue weighted by Crippen LogP contribution is 2.40. The van der Waals surface area contributed by atoms with E-state index in [1.165, 1.54) is 0 Å². The largest absolute Gasteiger partial charge is 0.435 e. The average Bonchev–Trinajstić information content (AvgIpc) is 3.26. The van der Waals surface area contributed by atoms with Gasteiger partial charge in [-0.1, -0.05) is 36.7 Å². The van der Waals surface area contributed by atoms with Crippen LogP contribution in [0.1, 0.15) is 65.9 Å². The van der Waals surface area contributed by atoms with E-state index in [4.69, 9.17) is 0 Å². The Balaban J connectivity index is 1.55. The molecule has 1 saturated carbocycles. The Hall–Kier alpha value is -2.20. The summed E-state index contributed by atoms with van der Waals surface area (Å²) in [6.07, 6.45) is 4.07. The third-order valence-electron chi connectivity index (χ3n) is 6.50. The van der Waals surface area contributed by atoms with Gasteiger partial charge in [0.25, 0.3) is 5.91 Å². The highest BCUT2D eigenvalue weighted by molar-refractivity contribution is 7.17. The molecule has 2 aromatic heterocycles. The molecule has 32 heavy (non-hydrogen) atoms. The van der Waals surface area contributed by atoms with Crippen molar-refractivity contribution in [1.29, 1.82) is 0 Å². The van der Waals surface area contributed by atoms with Crippen LogP contribution in [-0.4, -0.2) is 46.7 Å². The molecule has 0 spiro atoms. The fraction of sp³-hybridized carbons (Fsp3) is 0.591. The first kappa shape index (κ1) is 23.0. The molecule has 1 saturated heterocycles. The molecule has 10 heteroatoms. The topological polar surface area (TPSA) is 78.4 Å². The Bertz CT molecular complexity index is 921. The van der Waals surface area contributed by atoms with E-state index < -0.39 is 28.8 Å². The first-order valence-corrected chi connectivity index (χ1v) is 11.8. The second kappa shape index (κ2) is 9.35. The quantitative estimate of drug-likeness (QED) is 0.689. The number of hydrogen-bond acceptors (Lipinski definition) is 6. The van der Waals surface area contributed by atoms with Crippen molar-refractivity contribution in [3.8, 4) is 0 Å². The maximum atomic E-state index is 13.7. The van der Waals surface area contributed by atoms with Crippen molar-refractivity contribution in [2.75, 3.05) is 24.5 Å². The third kappa shape index (κ3) is 4.91. The van der Waals surface area contributed by atoms with Crippen LogP contribution in [0.4, 0.5) is 18.3 Å². The number of aromatic nitrogens is 2. The first-order valence-electron chi connectivity index (χ1n) is 11.0. The number of rotatable bonds is 5. The van der Waals surface area contributed by atoms with E-state index in [0.29, 0.717) is 25.9 Å². The van der Waals surface area contributed by atoms with E-state index in [1.54, 1.807) is 17.3 Å². The van der Waals surface area contributed by atoms with Crippen LogP contribution in [0.25, 0.3) is 0 Å². The number of aliphatic hydroxyl groups is 1. The zero-order chi connectivity index (χ0) is 22.8. The van der Waals surface area contributed by atoms with Gasteiger partial charge in [-0.2, -0.15) is 13.2 Å². The van der Waals surface area contributed by atoms with E-state index in [0.717, 1.165) is 49.0 Å². The highest BCUT2D eigenvalue weighted by atomic mass is 32.1. The molecule has 2 N–H and O–H groups in total. The summed E-state index contributed by atoms with van der Waals surface area (Å²) in [7, 11) is 0. The molecule has 2 fully saturated rings. The van der Waals surface area contributed by atoms with E-state index >= 15 is 0 Å². The van der Waals surface area contributed by atoms with Gasteiger partial charge >= 0.3 is 6.18 Å². The predicted octanol–water partition coefficient (Wildman–Crippen LogP) is 4.15. The van der Waals surface area contributed by atoms with Crippen molar-refractivity contribution < 1.29 is 23.1 Å². The van der Waals surface area contributed by atoms with E-state index in [9.17, 15) is 23.1 Å². The number of alkyl halides is 3. The van der Waals surface area contributed by atoms with Gasteiger partial charge in [0.05, 0.1) is 6.10 Å². The number of nitrogens with zero attached hydrogens (tertiary/aromatic N) is 3. The number of hydrogen-bond donors (Lipinski definition) is 2. The predicted molar refractivity (Wildman–Crippen MR) is 116 cm³/mol. The molecule has 1 amide bonds. The molecule has 174 valence electrons. The molecule has 3 heterocycles. The van der Waals surface area contributed by atoms with Crippen molar-refractivity contribution in [3.05, 3.63) is 40.7 Å². The molecule has 0 radical (unpaired) electrons. The van der Waals surface area contributed by atoms with Crippen LogP contribution < -0.4 is 10.2 Å². The number of thiazole rings is 1. The lowest BCUT2D eigenvalue weighted by molar-refractivity contribution is -0.141. The summed E-state index contributed by atoms with van der Waals surface area (Å²) < 4.78 is 41.1. The lowest BCUT2D eigenvalue weighted by Crippen LogP contribution is -2.42. The number of amides is 1. The summed E-state index contributed by atoms with van der Waals surface area (Å²) in [5.74, 6) is -0.744. The van der Waals surface area contributed by atoms with Gasteiger partial charge in [-0.15, -0.1) is 0 Å². The SMILES string of the molecule is O=C(NCC1(c2cccnc2)CCCCC1)c1sc(N2CCC(O)CC2)nc1C(F)(F)F. The normalized spacial score (nSPS) is 19.7.